The van der Waals surface area contributed by atoms with Gasteiger partial charge in [-0.05, 0) is 49.8 Å². The highest BCUT2D eigenvalue weighted by Crippen LogP contribution is 2.20. The van der Waals surface area contributed by atoms with E-state index in [4.69, 9.17) is 4.99 Å². The third-order valence-electron chi connectivity index (χ3n) is 6.34. The summed E-state index contributed by atoms with van der Waals surface area (Å²) in [4.78, 5) is 21.7. The predicted octanol–water partition coefficient (Wildman–Crippen LogP) is 3.23. The average Bonchev–Trinajstić information content (AvgIpc) is 3.21. The van der Waals surface area contributed by atoms with Crippen LogP contribution in [0.5, 0.6) is 0 Å². The number of aliphatic imine (C=N–C) groups is 1. The third kappa shape index (κ3) is 6.96. The molecule has 0 radical (unpaired) electrons. The lowest BCUT2D eigenvalue weighted by Gasteiger charge is -2.31. The van der Waals surface area contributed by atoms with Gasteiger partial charge in [0.05, 0.1) is 6.54 Å². The van der Waals surface area contributed by atoms with E-state index in [0.717, 1.165) is 44.5 Å². The Bertz CT molecular complexity index is 747. The Morgan fingerprint density at radius 1 is 1.16 bits per heavy atom. The summed E-state index contributed by atoms with van der Waals surface area (Å²) in [6, 6.07) is 8.95. The van der Waals surface area contributed by atoms with Crippen LogP contribution in [-0.2, 0) is 17.9 Å². The summed E-state index contributed by atoms with van der Waals surface area (Å²) in [5.41, 5.74) is 2.67. The van der Waals surface area contributed by atoms with Crippen LogP contribution < -0.4 is 10.6 Å². The Labute approximate surface area is 188 Å². The van der Waals surface area contributed by atoms with E-state index in [9.17, 15) is 4.79 Å². The lowest BCUT2D eigenvalue weighted by Crippen LogP contribution is -2.45. The van der Waals surface area contributed by atoms with E-state index in [1.165, 1.54) is 37.1 Å². The van der Waals surface area contributed by atoms with Gasteiger partial charge in [0.15, 0.2) is 5.96 Å². The van der Waals surface area contributed by atoms with Crippen molar-refractivity contribution in [2.75, 3.05) is 32.7 Å². The molecule has 2 saturated heterocycles. The van der Waals surface area contributed by atoms with Crippen molar-refractivity contribution in [1.82, 2.24) is 20.4 Å². The van der Waals surface area contributed by atoms with Crippen molar-refractivity contribution in [2.45, 2.75) is 66.1 Å². The molecule has 0 aliphatic carbocycles. The Balaban J connectivity index is 1.61. The number of hydrogen-bond acceptors (Lipinski definition) is 3. The Kier molecular flexibility index (Phi) is 8.76. The summed E-state index contributed by atoms with van der Waals surface area (Å²) in [5, 5.41) is 6.93. The van der Waals surface area contributed by atoms with Crippen LogP contribution in [-0.4, -0.2) is 60.4 Å². The molecule has 0 saturated carbocycles. The molecule has 1 aromatic rings. The van der Waals surface area contributed by atoms with Crippen molar-refractivity contribution in [3.8, 4) is 0 Å². The molecule has 1 amide bonds. The average molecular weight is 428 g/mol. The molecule has 1 aromatic carbocycles. The van der Waals surface area contributed by atoms with Crippen molar-refractivity contribution in [2.24, 2.45) is 16.8 Å². The van der Waals surface area contributed by atoms with Crippen molar-refractivity contribution in [3.05, 3.63) is 35.4 Å². The molecule has 2 atom stereocenters. The molecular formula is C25H41N5O. The molecule has 2 aliphatic heterocycles. The number of nitrogens with zero attached hydrogens (tertiary/aromatic N) is 3. The van der Waals surface area contributed by atoms with Gasteiger partial charge in [-0.2, -0.15) is 0 Å². The second-order valence-electron chi connectivity index (χ2n) is 9.52. The van der Waals surface area contributed by atoms with Gasteiger partial charge >= 0.3 is 0 Å². The predicted molar refractivity (Wildman–Crippen MR) is 128 cm³/mol. The number of guanidine groups is 1. The number of rotatable bonds is 7. The Morgan fingerprint density at radius 3 is 2.65 bits per heavy atom. The van der Waals surface area contributed by atoms with Crippen LogP contribution in [0.1, 0.15) is 58.1 Å². The van der Waals surface area contributed by atoms with Gasteiger partial charge in [-0.15, -0.1) is 0 Å². The molecule has 2 heterocycles. The zero-order chi connectivity index (χ0) is 22.2. The fraction of sp³-hybridized carbons (Fsp3) is 0.680. The summed E-state index contributed by atoms with van der Waals surface area (Å²) in [7, 11) is 0. The molecule has 172 valence electrons. The highest BCUT2D eigenvalue weighted by molar-refractivity contribution is 5.81. The van der Waals surface area contributed by atoms with Crippen LogP contribution in [0.15, 0.2) is 29.3 Å². The maximum Gasteiger partial charge on any atom is 0.225 e. The first-order valence-corrected chi connectivity index (χ1v) is 12.1. The van der Waals surface area contributed by atoms with E-state index >= 15 is 0 Å². The lowest BCUT2D eigenvalue weighted by molar-refractivity contribution is -0.133. The zero-order valence-electron chi connectivity index (χ0n) is 19.9. The second-order valence-corrected chi connectivity index (χ2v) is 9.52. The number of likely N-dealkylation sites (tertiary alicyclic amines) is 2. The van der Waals surface area contributed by atoms with E-state index in [2.05, 4.69) is 53.6 Å². The molecule has 2 fully saturated rings. The summed E-state index contributed by atoms with van der Waals surface area (Å²) in [5.74, 6) is 1.93. The molecule has 0 bridgehead atoms. The molecule has 2 N–H and O–H groups in total. The molecular weight excluding hydrogens is 386 g/mol. The SMILES string of the molecule is CCNC(=NCc1ccccc1CN1CCCC(C)C1)NC1CCN(C(=O)C(C)C)C1. The highest BCUT2D eigenvalue weighted by atomic mass is 16.2. The maximum atomic E-state index is 12.3. The van der Waals surface area contributed by atoms with Crippen molar-refractivity contribution < 1.29 is 4.79 Å². The first-order valence-electron chi connectivity index (χ1n) is 12.1. The molecule has 6 nitrogen and oxygen atoms in total. The van der Waals surface area contributed by atoms with Gasteiger partial charge < -0.3 is 15.5 Å². The number of hydrogen-bond donors (Lipinski definition) is 2. The van der Waals surface area contributed by atoms with Crippen LogP contribution in [0.25, 0.3) is 0 Å². The zero-order valence-corrected chi connectivity index (χ0v) is 19.9. The number of amides is 1. The van der Waals surface area contributed by atoms with Crippen molar-refractivity contribution in [3.63, 3.8) is 0 Å². The minimum atomic E-state index is 0.0556. The molecule has 2 unspecified atom stereocenters. The van der Waals surface area contributed by atoms with Crippen molar-refractivity contribution >= 4 is 11.9 Å². The normalized spacial score (nSPS) is 22.7. The molecule has 6 heteroatoms. The second kappa shape index (κ2) is 11.5. The Morgan fingerprint density at radius 2 is 1.94 bits per heavy atom. The summed E-state index contributed by atoms with van der Waals surface area (Å²) in [6.07, 6.45) is 3.61. The van der Waals surface area contributed by atoms with Crippen LogP contribution in [0.2, 0.25) is 0 Å². The fourth-order valence-corrected chi connectivity index (χ4v) is 4.66. The van der Waals surface area contributed by atoms with Gasteiger partial charge in [-0.25, -0.2) is 4.99 Å². The van der Waals surface area contributed by atoms with E-state index in [0.29, 0.717) is 6.54 Å². The number of benzene rings is 1. The molecule has 2 aliphatic rings. The van der Waals surface area contributed by atoms with Gasteiger partial charge in [-0.3, -0.25) is 9.69 Å². The van der Waals surface area contributed by atoms with Gasteiger partial charge in [0.1, 0.15) is 0 Å². The highest BCUT2D eigenvalue weighted by Gasteiger charge is 2.28. The number of carbonyl (C=O) groups excluding carboxylic acids is 1. The fourth-order valence-electron chi connectivity index (χ4n) is 4.66. The van der Waals surface area contributed by atoms with Crippen LogP contribution in [0.4, 0.5) is 0 Å². The van der Waals surface area contributed by atoms with Crippen LogP contribution >= 0.6 is 0 Å². The summed E-state index contributed by atoms with van der Waals surface area (Å²) < 4.78 is 0. The van der Waals surface area contributed by atoms with Gasteiger partial charge in [0, 0.05) is 44.7 Å². The standard InChI is InChI=1S/C25H41N5O/c1-5-26-25(28-23-12-14-30(18-23)24(31)19(2)3)27-15-21-10-6-7-11-22(21)17-29-13-8-9-20(4)16-29/h6-7,10-11,19-20,23H,5,8-9,12-18H2,1-4H3,(H2,26,27,28). The van der Waals surface area contributed by atoms with Gasteiger partial charge in [-0.1, -0.05) is 45.0 Å². The molecule has 0 spiro atoms. The first kappa shape index (κ1) is 23.6. The molecule has 31 heavy (non-hydrogen) atoms. The summed E-state index contributed by atoms with van der Waals surface area (Å²) in [6.45, 7) is 14.8. The molecule has 0 aromatic heterocycles. The minimum absolute atomic E-state index is 0.0556. The first-order chi connectivity index (χ1) is 15.0. The number of piperidine rings is 1. The number of carbonyl (C=O) groups is 1. The third-order valence-corrected chi connectivity index (χ3v) is 6.34. The number of nitrogens with one attached hydrogen (secondary N) is 2. The van der Waals surface area contributed by atoms with E-state index in [-0.39, 0.29) is 17.9 Å². The topological polar surface area (TPSA) is 60.0 Å². The minimum Gasteiger partial charge on any atom is -0.357 e. The smallest absolute Gasteiger partial charge is 0.225 e. The van der Waals surface area contributed by atoms with E-state index in [1.807, 2.05) is 18.7 Å². The Hall–Kier alpha value is -2.08. The monoisotopic (exact) mass is 427 g/mol. The van der Waals surface area contributed by atoms with Crippen molar-refractivity contribution in [1.29, 1.82) is 0 Å². The van der Waals surface area contributed by atoms with E-state index < -0.39 is 0 Å². The van der Waals surface area contributed by atoms with Crippen LogP contribution in [0.3, 0.4) is 0 Å². The lowest BCUT2D eigenvalue weighted by atomic mass is 9.99. The maximum absolute atomic E-state index is 12.3. The quantitative estimate of drug-likeness (QED) is 0.518. The largest absolute Gasteiger partial charge is 0.357 e. The van der Waals surface area contributed by atoms with Gasteiger partial charge in [0.2, 0.25) is 5.91 Å². The van der Waals surface area contributed by atoms with E-state index in [1.54, 1.807) is 0 Å². The van der Waals surface area contributed by atoms with Gasteiger partial charge in [0.25, 0.3) is 0 Å². The van der Waals surface area contributed by atoms with Crippen LogP contribution in [0, 0.1) is 11.8 Å². The summed E-state index contributed by atoms with van der Waals surface area (Å²) >= 11 is 0. The molecule has 3 rings (SSSR count).